The van der Waals surface area contributed by atoms with Crippen molar-refractivity contribution in [1.29, 1.82) is 0 Å². The van der Waals surface area contributed by atoms with E-state index in [1.807, 2.05) is 38.1 Å². The number of thiophene rings is 1. The highest BCUT2D eigenvalue weighted by Crippen LogP contribution is 2.30. The zero-order chi connectivity index (χ0) is 15.6. The van der Waals surface area contributed by atoms with Gasteiger partial charge >= 0.3 is 0 Å². The van der Waals surface area contributed by atoms with Gasteiger partial charge in [-0.05, 0) is 30.7 Å². The Morgan fingerprint density at radius 1 is 1.29 bits per heavy atom. The molecule has 0 fully saturated rings. The van der Waals surface area contributed by atoms with Crippen LogP contribution in [0.5, 0.6) is 0 Å². The molecule has 21 heavy (non-hydrogen) atoms. The lowest BCUT2D eigenvalue weighted by Gasteiger charge is -2.17. The normalized spacial score (nSPS) is 11.4. The number of nitrogens with two attached hydrogens (primary N) is 1. The van der Waals surface area contributed by atoms with Gasteiger partial charge in [0.25, 0.3) is 10.0 Å². The second kappa shape index (κ2) is 6.05. The number of rotatable bonds is 5. The topological polar surface area (TPSA) is 75.4 Å². The van der Waals surface area contributed by atoms with Gasteiger partial charge in [0.15, 0.2) is 0 Å². The van der Waals surface area contributed by atoms with Crippen molar-refractivity contribution in [1.82, 2.24) is 0 Å². The summed E-state index contributed by atoms with van der Waals surface area (Å²) in [6.45, 7) is 2.21. The van der Waals surface area contributed by atoms with Gasteiger partial charge in [0.2, 0.25) is 0 Å². The SMILES string of the molecule is Cc1cc(S(=O)(=O)Nc2ccccc2N(C)C)sc1CN. The Bertz CT molecular complexity index is 736. The van der Waals surface area contributed by atoms with Gasteiger partial charge in [0.1, 0.15) is 4.21 Å². The number of para-hydroxylation sites is 2. The zero-order valence-corrected chi connectivity index (χ0v) is 13.9. The average Bonchev–Trinajstić information content (AvgIpc) is 2.81. The van der Waals surface area contributed by atoms with Crippen LogP contribution < -0.4 is 15.4 Å². The molecule has 0 aliphatic rings. The second-order valence-electron chi connectivity index (χ2n) is 4.89. The maximum Gasteiger partial charge on any atom is 0.271 e. The van der Waals surface area contributed by atoms with E-state index in [0.717, 1.165) is 16.1 Å². The Morgan fingerprint density at radius 2 is 1.95 bits per heavy atom. The molecule has 2 rings (SSSR count). The van der Waals surface area contributed by atoms with Crippen LogP contribution in [0.3, 0.4) is 0 Å². The summed E-state index contributed by atoms with van der Waals surface area (Å²) in [4.78, 5) is 2.75. The number of anilines is 2. The highest BCUT2D eigenvalue weighted by molar-refractivity contribution is 7.94. The highest BCUT2D eigenvalue weighted by atomic mass is 32.2. The quantitative estimate of drug-likeness (QED) is 0.885. The molecule has 2 aromatic rings. The molecule has 0 atom stereocenters. The molecule has 3 N–H and O–H groups in total. The van der Waals surface area contributed by atoms with E-state index in [0.29, 0.717) is 12.2 Å². The molecule has 1 aromatic carbocycles. The summed E-state index contributed by atoms with van der Waals surface area (Å²) in [5.74, 6) is 0. The molecule has 0 bridgehead atoms. The summed E-state index contributed by atoms with van der Waals surface area (Å²) in [6, 6.07) is 8.94. The first-order valence-corrected chi connectivity index (χ1v) is 8.73. The van der Waals surface area contributed by atoms with Gasteiger partial charge in [0.05, 0.1) is 11.4 Å². The number of nitrogens with one attached hydrogen (secondary N) is 1. The Balaban J connectivity index is 2.37. The lowest BCUT2D eigenvalue weighted by molar-refractivity contribution is 0.603. The van der Waals surface area contributed by atoms with Gasteiger partial charge in [0, 0.05) is 25.5 Å². The van der Waals surface area contributed by atoms with E-state index >= 15 is 0 Å². The molecule has 0 unspecified atom stereocenters. The summed E-state index contributed by atoms with van der Waals surface area (Å²) in [5, 5.41) is 0. The van der Waals surface area contributed by atoms with Crippen LogP contribution in [0.25, 0.3) is 0 Å². The number of hydrogen-bond donors (Lipinski definition) is 2. The van der Waals surface area contributed by atoms with E-state index in [4.69, 9.17) is 5.73 Å². The molecule has 1 aromatic heterocycles. The molecule has 0 saturated carbocycles. The smallest absolute Gasteiger partial charge is 0.271 e. The Morgan fingerprint density at radius 3 is 2.52 bits per heavy atom. The van der Waals surface area contributed by atoms with Gasteiger partial charge < -0.3 is 10.6 Å². The summed E-state index contributed by atoms with van der Waals surface area (Å²) < 4.78 is 27.9. The number of aryl methyl sites for hydroxylation is 1. The van der Waals surface area contributed by atoms with Crippen LogP contribution in [-0.2, 0) is 16.6 Å². The number of benzene rings is 1. The van der Waals surface area contributed by atoms with Crippen molar-refractivity contribution in [3.8, 4) is 0 Å². The number of sulfonamides is 1. The minimum absolute atomic E-state index is 0.286. The molecule has 0 saturated heterocycles. The van der Waals surface area contributed by atoms with E-state index in [1.165, 1.54) is 11.3 Å². The van der Waals surface area contributed by atoms with E-state index in [9.17, 15) is 8.42 Å². The largest absolute Gasteiger partial charge is 0.376 e. The predicted molar refractivity (Wildman–Crippen MR) is 88.5 cm³/mol. The van der Waals surface area contributed by atoms with Crippen LogP contribution in [0.4, 0.5) is 11.4 Å². The summed E-state index contributed by atoms with van der Waals surface area (Å²) in [6.07, 6.45) is 0. The van der Waals surface area contributed by atoms with Gasteiger partial charge in [-0.3, -0.25) is 4.72 Å². The predicted octanol–water partition coefficient (Wildman–Crippen LogP) is 2.38. The fourth-order valence-corrected chi connectivity index (χ4v) is 4.51. The number of hydrogen-bond acceptors (Lipinski definition) is 5. The third-order valence-corrected chi connectivity index (χ3v) is 6.18. The molecule has 0 radical (unpaired) electrons. The minimum atomic E-state index is -3.59. The van der Waals surface area contributed by atoms with E-state index in [-0.39, 0.29) is 4.21 Å². The molecule has 0 amide bonds. The molecule has 114 valence electrons. The Hall–Kier alpha value is -1.57. The maximum atomic E-state index is 12.5. The first-order chi connectivity index (χ1) is 9.85. The third-order valence-electron chi connectivity index (χ3n) is 3.08. The van der Waals surface area contributed by atoms with Crippen molar-refractivity contribution < 1.29 is 8.42 Å². The first kappa shape index (κ1) is 15.8. The van der Waals surface area contributed by atoms with Crippen LogP contribution in [0.15, 0.2) is 34.5 Å². The molecular formula is C14H19N3O2S2. The van der Waals surface area contributed by atoms with Crippen molar-refractivity contribution in [2.45, 2.75) is 17.7 Å². The zero-order valence-electron chi connectivity index (χ0n) is 12.3. The van der Waals surface area contributed by atoms with Crippen molar-refractivity contribution in [2.75, 3.05) is 23.7 Å². The van der Waals surface area contributed by atoms with Crippen molar-refractivity contribution in [3.05, 3.63) is 40.8 Å². The molecule has 7 heteroatoms. The van der Waals surface area contributed by atoms with E-state index < -0.39 is 10.0 Å². The monoisotopic (exact) mass is 325 g/mol. The number of nitrogens with zero attached hydrogens (tertiary/aromatic N) is 1. The van der Waals surface area contributed by atoms with Crippen LogP contribution in [0.1, 0.15) is 10.4 Å². The highest BCUT2D eigenvalue weighted by Gasteiger charge is 2.20. The molecular weight excluding hydrogens is 306 g/mol. The molecule has 0 spiro atoms. The van der Waals surface area contributed by atoms with Crippen LogP contribution in [0, 0.1) is 6.92 Å². The van der Waals surface area contributed by atoms with Gasteiger partial charge in [-0.2, -0.15) is 0 Å². The fraction of sp³-hybridized carbons (Fsp3) is 0.286. The third kappa shape index (κ3) is 3.37. The molecule has 0 aliphatic carbocycles. The van der Waals surface area contributed by atoms with E-state index in [1.54, 1.807) is 18.2 Å². The Kier molecular flexibility index (Phi) is 4.55. The minimum Gasteiger partial charge on any atom is -0.376 e. The summed E-state index contributed by atoms with van der Waals surface area (Å²) in [5.41, 5.74) is 7.89. The van der Waals surface area contributed by atoms with E-state index in [2.05, 4.69) is 4.72 Å². The van der Waals surface area contributed by atoms with Gasteiger partial charge in [-0.1, -0.05) is 12.1 Å². The first-order valence-electron chi connectivity index (χ1n) is 6.43. The Labute approximate surface area is 129 Å². The average molecular weight is 325 g/mol. The van der Waals surface area contributed by atoms with Crippen LogP contribution in [-0.4, -0.2) is 22.5 Å². The molecule has 0 aliphatic heterocycles. The summed E-state index contributed by atoms with van der Waals surface area (Å²) in [7, 11) is 0.145. The summed E-state index contributed by atoms with van der Waals surface area (Å²) >= 11 is 1.21. The lowest BCUT2D eigenvalue weighted by Crippen LogP contribution is -2.16. The van der Waals surface area contributed by atoms with Gasteiger partial charge in [-0.15, -0.1) is 11.3 Å². The van der Waals surface area contributed by atoms with Crippen molar-refractivity contribution in [2.24, 2.45) is 5.73 Å². The van der Waals surface area contributed by atoms with Crippen LogP contribution >= 0.6 is 11.3 Å². The maximum absolute atomic E-state index is 12.5. The van der Waals surface area contributed by atoms with Crippen molar-refractivity contribution >= 4 is 32.7 Å². The standard InChI is InChI=1S/C14H19N3O2S2/c1-10-8-14(20-13(10)9-15)21(18,19)16-11-6-4-5-7-12(11)17(2)3/h4-8,16H,9,15H2,1-3H3. The molecule has 5 nitrogen and oxygen atoms in total. The lowest BCUT2D eigenvalue weighted by atomic mass is 10.2. The van der Waals surface area contributed by atoms with Crippen molar-refractivity contribution in [3.63, 3.8) is 0 Å². The molecule has 1 heterocycles. The van der Waals surface area contributed by atoms with Crippen LogP contribution in [0.2, 0.25) is 0 Å². The van der Waals surface area contributed by atoms with Gasteiger partial charge in [-0.25, -0.2) is 8.42 Å². The second-order valence-corrected chi connectivity index (χ2v) is 7.94. The fourth-order valence-electron chi connectivity index (χ4n) is 1.97.